The molecule has 1 aromatic heterocycles. The Hall–Kier alpha value is -4.19. The van der Waals surface area contributed by atoms with Crippen molar-refractivity contribution in [3.63, 3.8) is 0 Å². The Bertz CT molecular complexity index is 1410. The lowest BCUT2D eigenvalue weighted by molar-refractivity contribution is -0.137. The number of aromatic nitrogens is 3. The van der Waals surface area contributed by atoms with Gasteiger partial charge in [0.2, 0.25) is 5.91 Å². The number of hydrogen-bond acceptors (Lipinski definition) is 5. The Balaban J connectivity index is 1.58. The van der Waals surface area contributed by atoms with Gasteiger partial charge in [0.05, 0.1) is 29.2 Å². The number of alkyl halides is 3. The minimum atomic E-state index is -4.58. The Morgan fingerprint density at radius 1 is 0.919 bits per heavy atom. The van der Waals surface area contributed by atoms with Crippen molar-refractivity contribution < 1.29 is 27.2 Å². The van der Waals surface area contributed by atoms with Gasteiger partial charge in [-0.05, 0) is 42.5 Å². The van der Waals surface area contributed by atoms with E-state index in [0.29, 0.717) is 5.56 Å². The molecule has 2 N–H and O–H groups in total. The van der Waals surface area contributed by atoms with Crippen LogP contribution in [-0.2, 0) is 17.5 Å². The van der Waals surface area contributed by atoms with Crippen LogP contribution in [0.2, 0.25) is 0 Å². The van der Waals surface area contributed by atoms with Crippen molar-refractivity contribution in [1.82, 2.24) is 20.1 Å². The summed E-state index contributed by atoms with van der Waals surface area (Å²) in [5.41, 5.74) is -0.393. The van der Waals surface area contributed by atoms with Gasteiger partial charge in [0.1, 0.15) is 5.82 Å². The average Bonchev–Trinajstić information content (AvgIpc) is 3.30. The first-order valence-corrected chi connectivity index (χ1v) is 11.8. The van der Waals surface area contributed by atoms with Crippen LogP contribution >= 0.6 is 11.8 Å². The highest BCUT2D eigenvalue weighted by molar-refractivity contribution is 7.99. The number of halogens is 4. The summed E-state index contributed by atoms with van der Waals surface area (Å²) in [6.07, 6.45) is -4.58. The Morgan fingerprint density at radius 2 is 1.65 bits per heavy atom. The molecule has 0 atom stereocenters. The van der Waals surface area contributed by atoms with Crippen LogP contribution in [0.3, 0.4) is 0 Å². The zero-order chi connectivity index (χ0) is 26.4. The smallest absolute Gasteiger partial charge is 0.345 e. The standard InChI is InChI=1S/C25H19F4N5O2S/c26-19-11-4-5-12-20(19)31-22(35)15-37-24-33-32-21(14-30-23(36)16-7-2-1-3-8-16)34(24)18-10-6-9-17(13-18)25(27,28)29/h1-13H,14-15H2,(H,30,36)(H,31,35). The van der Waals surface area contributed by atoms with Gasteiger partial charge in [-0.25, -0.2) is 4.39 Å². The summed E-state index contributed by atoms with van der Waals surface area (Å²) in [6, 6.07) is 18.5. The maximum atomic E-state index is 13.8. The molecule has 0 aliphatic carbocycles. The molecule has 0 aliphatic rings. The summed E-state index contributed by atoms with van der Waals surface area (Å²) in [5.74, 6) is -1.63. The van der Waals surface area contributed by atoms with E-state index in [9.17, 15) is 27.2 Å². The van der Waals surface area contributed by atoms with E-state index < -0.39 is 29.4 Å². The van der Waals surface area contributed by atoms with Crippen LogP contribution in [0, 0.1) is 5.82 Å². The van der Waals surface area contributed by atoms with E-state index in [0.717, 1.165) is 23.9 Å². The van der Waals surface area contributed by atoms with Crippen molar-refractivity contribution in [1.29, 1.82) is 0 Å². The molecule has 0 unspecified atom stereocenters. The number of nitrogens with zero attached hydrogens (tertiary/aromatic N) is 3. The molecule has 0 spiro atoms. The van der Waals surface area contributed by atoms with E-state index in [4.69, 9.17) is 0 Å². The maximum Gasteiger partial charge on any atom is 0.416 e. The van der Waals surface area contributed by atoms with Gasteiger partial charge >= 0.3 is 6.18 Å². The SMILES string of the molecule is O=C(CSc1nnc(CNC(=O)c2ccccc2)n1-c1cccc(C(F)(F)F)c1)Nc1ccccc1F. The molecule has 4 aromatic rings. The lowest BCUT2D eigenvalue weighted by Gasteiger charge is -2.13. The topological polar surface area (TPSA) is 88.9 Å². The molecule has 1 heterocycles. The average molecular weight is 530 g/mol. The number of carbonyl (C=O) groups excluding carboxylic acids is 2. The summed E-state index contributed by atoms with van der Waals surface area (Å²) < 4.78 is 55.2. The van der Waals surface area contributed by atoms with Crippen LogP contribution in [0.4, 0.5) is 23.2 Å². The summed E-state index contributed by atoms with van der Waals surface area (Å²) in [4.78, 5) is 24.9. The number of rotatable bonds is 8. The van der Waals surface area contributed by atoms with Crippen LogP contribution < -0.4 is 10.6 Å². The highest BCUT2D eigenvalue weighted by Crippen LogP contribution is 2.31. The van der Waals surface area contributed by atoms with E-state index in [-0.39, 0.29) is 34.7 Å². The molecule has 37 heavy (non-hydrogen) atoms. The van der Waals surface area contributed by atoms with Crippen molar-refractivity contribution in [2.24, 2.45) is 0 Å². The van der Waals surface area contributed by atoms with Crippen molar-refractivity contribution in [3.8, 4) is 5.69 Å². The number of carbonyl (C=O) groups is 2. The minimum absolute atomic E-state index is 0.00300. The molecule has 0 fully saturated rings. The van der Waals surface area contributed by atoms with Crippen molar-refractivity contribution >= 4 is 29.3 Å². The number of benzene rings is 3. The fraction of sp³-hybridized carbons (Fsp3) is 0.120. The number of nitrogens with one attached hydrogen (secondary N) is 2. The predicted molar refractivity (Wildman–Crippen MR) is 130 cm³/mol. The third-order valence-electron chi connectivity index (χ3n) is 5.06. The minimum Gasteiger partial charge on any atom is -0.345 e. The van der Waals surface area contributed by atoms with Crippen LogP contribution in [0.25, 0.3) is 5.69 Å². The normalized spacial score (nSPS) is 11.2. The summed E-state index contributed by atoms with van der Waals surface area (Å²) >= 11 is 0.901. The third-order valence-corrected chi connectivity index (χ3v) is 5.98. The molecule has 12 heteroatoms. The van der Waals surface area contributed by atoms with Crippen LogP contribution in [0.1, 0.15) is 21.7 Å². The van der Waals surface area contributed by atoms with Gasteiger partial charge in [0, 0.05) is 5.56 Å². The van der Waals surface area contributed by atoms with Crippen LogP contribution in [-0.4, -0.2) is 32.3 Å². The Labute approximate surface area is 212 Å². The fourth-order valence-corrected chi connectivity index (χ4v) is 4.09. The fourth-order valence-electron chi connectivity index (χ4n) is 3.32. The molecule has 0 radical (unpaired) electrons. The van der Waals surface area contributed by atoms with Gasteiger partial charge in [-0.1, -0.05) is 48.2 Å². The summed E-state index contributed by atoms with van der Waals surface area (Å²) in [5, 5.41) is 13.3. The zero-order valence-electron chi connectivity index (χ0n) is 19.0. The largest absolute Gasteiger partial charge is 0.416 e. The van der Waals surface area contributed by atoms with Crippen molar-refractivity contribution in [2.75, 3.05) is 11.1 Å². The van der Waals surface area contributed by atoms with Gasteiger partial charge < -0.3 is 10.6 Å². The molecule has 3 aromatic carbocycles. The van der Waals surface area contributed by atoms with Gasteiger partial charge in [0.15, 0.2) is 11.0 Å². The molecule has 0 saturated heterocycles. The van der Waals surface area contributed by atoms with Gasteiger partial charge in [-0.3, -0.25) is 14.2 Å². The lowest BCUT2D eigenvalue weighted by atomic mass is 10.2. The number of anilines is 1. The first-order chi connectivity index (χ1) is 17.7. The first-order valence-electron chi connectivity index (χ1n) is 10.8. The second-order valence-corrected chi connectivity index (χ2v) is 8.59. The maximum absolute atomic E-state index is 13.8. The van der Waals surface area contributed by atoms with E-state index in [2.05, 4.69) is 20.8 Å². The van der Waals surface area contributed by atoms with Gasteiger partial charge in [0.25, 0.3) is 5.91 Å². The highest BCUT2D eigenvalue weighted by atomic mass is 32.2. The highest BCUT2D eigenvalue weighted by Gasteiger charge is 2.31. The molecule has 0 aliphatic heterocycles. The van der Waals surface area contributed by atoms with E-state index in [1.165, 1.54) is 34.9 Å². The second-order valence-electron chi connectivity index (χ2n) is 7.65. The number of amides is 2. The first kappa shape index (κ1) is 25.9. The second kappa shape index (κ2) is 11.2. The van der Waals surface area contributed by atoms with Crippen molar-refractivity contribution in [3.05, 3.63) is 102 Å². The van der Waals surface area contributed by atoms with Gasteiger partial charge in [-0.2, -0.15) is 13.2 Å². The zero-order valence-corrected chi connectivity index (χ0v) is 19.8. The predicted octanol–water partition coefficient (Wildman–Crippen LogP) is 5.09. The van der Waals surface area contributed by atoms with Crippen molar-refractivity contribution in [2.45, 2.75) is 17.9 Å². The Morgan fingerprint density at radius 3 is 2.38 bits per heavy atom. The molecule has 7 nitrogen and oxygen atoms in total. The van der Waals surface area contributed by atoms with E-state index in [1.807, 2.05) is 0 Å². The third kappa shape index (κ3) is 6.53. The molecule has 0 saturated carbocycles. The molecular weight excluding hydrogens is 510 g/mol. The monoisotopic (exact) mass is 529 g/mol. The Kier molecular flexibility index (Phi) is 7.87. The molecule has 0 bridgehead atoms. The number of para-hydroxylation sites is 1. The summed E-state index contributed by atoms with van der Waals surface area (Å²) in [7, 11) is 0. The molecule has 2 amide bonds. The summed E-state index contributed by atoms with van der Waals surface area (Å²) in [6.45, 7) is -0.140. The molecule has 190 valence electrons. The van der Waals surface area contributed by atoms with E-state index >= 15 is 0 Å². The van der Waals surface area contributed by atoms with Crippen LogP contribution in [0.15, 0.2) is 84.0 Å². The molecule has 4 rings (SSSR count). The van der Waals surface area contributed by atoms with Gasteiger partial charge in [-0.15, -0.1) is 10.2 Å². The number of hydrogen-bond donors (Lipinski definition) is 2. The lowest BCUT2D eigenvalue weighted by Crippen LogP contribution is -2.24. The van der Waals surface area contributed by atoms with Crippen LogP contribution in [0.5, 0.6) is 0 Å². The quantitative estimate of drug-likeness (QED) is 0.245. The van der Waals surface area contributed by atoms with E-state index in [1.54, 1.807) is 36.4 Å². The molecular formula is C25H19F4N5O2S. The number of thioether (sulfide) groups is 1.